The molecule has 0 bridgehead atoms. The van der Waals surface area contributed by atoms with Crippen LogP contribution in [0.4, 0.5) is 5.69 Å². The average Bonchev–Trinajstić information content (AvgIpc) is 2.75. The van der Waals surface area contributed by atoms with Crippen LogP contribution in [0.5, 0.6) is 0 Å². The molecular weight excluding hydrogens is 436 g/mol. The molecule has 1 heterocycles. The van der Waals surface area contributed by atoms with Gasteiger partial charge in [-0.2, -0.15) is 5.10 Å². The third-order valence-corrected chi connectivity index (χ3v) is 6.67. The van der Waals surface area contributed by atoms with Gasteiger partial charge in [-0.1, -0.05) is 41.4 Å². The van der Waals surface area contributed by atoms with E-state index < -0.39 is 22.5 Å². The van der Waals surface area contributed by atoms with Crippen LogP contribution in [0, 0.1) is 13.8 Å². The maximum Gasteiger partial charge on any atom is 0.264 e. The van der Waals surface area contributed by atoms with Crippen molar-refractivity contribution < 1.29 is 13.2 Å². The quantitative estimate of drug-likeness (QED) is 0.433. The highest BCUT2D eigenvalue weighted by atomic mass is 35.5. The van der Waals surface area contributed by atoms with Gasteiger partial charge in [-0.3, -0.25) is 14.1 Å². The standard InChI is InChI=1S/C22H21ClN4O3S/c1-16-8-10-19(11-9-16)31(29,30)27(21-7-3-6-20(23)17(21)2)15-22(28)26-25-14-18-5-4-12-24-13-18/h3-14H,15H2,1-2H3,(H,26,28)/b25-14-. The summed E-state index contributed by atoms with van der Waals surface area (Å²) in [6.45, 7) is 3.10. The van der Waals surface area contributed by atoms with E-state index in [1.165, 1.54) is 18.3 Å². The lowest BCUT2D eigenvalue weighted by Gasteiger charge is -2.25. The molecule has 3 aromatic rings. The Balaban J connectivity index is 1.91. The number of carbonyl (C=O) groups is 1. The molecule has 1 amide bonds. The number of aryl methyl sites for hydroxylation is 1. The van der Waals surface area contributed by atoms with E-state index in [2.05, 4.69) is 15.5 Å². The summed E-state index contributed by atoms with van der Waals surface area (Å²) in [4.78, 5) is 16.6. The van der Waals surface area contributed by atoms with Crippen LogP contribution >= 0.6 is 11.6 Å². The van der Waals surface area contributed by atoms with E-state index in [1.54, 1.807) is 61.8 Å². The van der Waals surface area contributed by atoms with Crippen LogP contribution in [0.1, 0.15) is 16.7 Å². The van der Waals surface area contributed by atoms with Crippen molar-refractivity contribution in [1.29, 1.82) is 0 Å². The Hall–Kier alpha value is -3.23. The number of aromatic nitrogens is 1. The van der Waals surface area contributed by atoms with Gasteiger partial charge in [0.25, 0.3) is 15.9 Å². The van der Waals surface area contributed by atoms with E-state index in [0.717, 1.165) is 9.87 Å². The summed E-state index contributed by atoms with van der Waals surface area (Å²) in [5.74, 6) is -0.602. The first-order valence-electron chi connectivity index (χ1n) is 9.35. The van der Waals surface area contributed by atoms with Crippen molar-refractivity contribution in [2.45, 2.75) is 18.7 Å². The summed E-state index contributed by atoms with van der Waals surface area (Å²) in [6.07, 6.45) is 4.63. The van der Waals surface area contributed by atoms with Gasteiger partial charge in [0.1, 0.15) is 6.54 Å². The molecule has 0 saturated heterocycles. The Morgan fingerprint density at radius 1 is 1.13 bits per heavy atom. The van der Waals surface area contributed by atoms with Crippen LogP contribution in [0.2, 0.25) is 5.02 Å². The SMILES string of the molecule is Cc1ccc(S(=O)(=O)N(CC(=O)N/N=C\c2cccnc2)c2cccc(Cl)c2C)cc1. The summed E-state index contributed by atoms with van der Waals surface area (Å²) >= 11 is 6.21. The molecule has 0 fully saturated rings. The second-order valence-corrected chi connectivity index (χ2v) is 9.06. The number of nitrogens with one attached hydrogen (secondary N) is 1. The van der Waals surface area contributed by atoms with Crippen LogP contribution in [-0.2, 0) is 14.8 Å². The van der Waals surface area contributed by atoms with Crippen molar-refractivity contribution in [2.75, 3.05) is 10.8 Å². The molecule has 0 aliphatic heterocycles. The van der Waals surface area contributed by atoms with Crippen LogP contribution < -0.4 is 9.73 Å². The molecule has 7 nitrogen and oxygen atoms in total. The summed E-state index contributed by atoms with van der Waals surface area (Å²) in [7, 11) is -4.03. The normalized spacial score (nSPS) is 11.5. The summed E-state index contributed by atoms with van der Waals surface area (Å²) < 4.78 is 27.8. The van der Waals surface area contributed by atoms with E-state index in [9.17, 15) is 13.2 Å². The highest BCUT2D eigenvalue weighted by molar-refractivity contribution is 7.92. The number of benzene rings is 2. The number of amides is 1. The molecule has 0 radical (unpaired) electrons. The van der Waals surface area contributed by atoms with Gasteiger partial charge in [0.15, 0.2) is 0 Å². The molecule has 9 heteroatoms. The smallest absolute Gasteiger partial charge is 0.264 e. The minimum atomic E-state index is -4.03. The zero-order valence-corrected chi connectivity index (χ0v) is 18.6. The van der Waals surface area contributed by atoms with Crippen molar-refractivity contribution >= 4 is 39.4 Å². The average molecular weight is 457 g/mol. The lowest BCUT2D eigenvalue weighted by atomic mass is 10.2. The van der Waals surface area contributed by atoms with Crippen molar-refractivity contribution in [3.05, 3.63) is 88.7 Å². The molecule has 2 aromatic carbocycles. The van der Waals surface area contributed by atoms with Gasteiger partial charge in [-0.25, -0.2) is 13.8 Å². The Morgan fingerprint density at radius 2 is 1.87 bits per heavy atom. The predicted octanol–water partition coefficient (Wildman–Crippen LogP) is 3.70. The Morgan fingerprint density at radius 3 is 2.55 bits per heavy atom. The number of nitrogens with zero attached hydrogens (tertiary/aromatic N) is 3. The van der Waals surface area contributed by atoms with E-state index in [0.29, 0.717) is 21.8 Å². The number of hydrogen-bond acceptors (Lipinski definition) is 5. The Kier molecular flexibility index (Phi) is 7.04. The van der Waals surface area contributed by atoms with Gasteiger partial charge in [0.2, 0.25) is 0 Å². The zero-order valence-electron chi connectivity index (χ0n) is 17.0. The Labute approximate surface area is 186 Å². The van der Waals surface area contributed by atoms with Crippen molar-refractivity contribution in [2.24, 2.45) is 5.10 Å². The minimum Gasteiger partial charge on any atom is -0.271 e. The van der Waals surface area contributed by atoms with Crippen LogP contribution in [0.25, 0.3) is 0 Å². The van der Waals surface area contributed by atoms with Crippen molar-refractivity contribution in [1.82, 2.24) is 10.4 Å². The van der Waals surface area contributed by atoms with Crippen LogP contribution in [0.15, 0.2) is 77.0 Å². The maximum absolute atomic E-state index is 13.4. The lowest BCUT2D eigenvalue weighted by molar-refractivity contribution is -0.119. The molecule has 0 aliphatic carbocycles. The number of halogens is 1. The highest BCUT2D eigenvalue weighted by Gasteiger charge is 2.28. The largest absolute Gasteiger partial charge is 0.271 e. The third kappa shape index (κ3) is 5.48. The first kappa shape index (κ1) is 22.5. The first-order chi connectivity index (χ1) is 14.8. The van der Waals surface area contributed by atoms with Gasteiger partial charge >= 0.3 is 0 Å². The van der Waals surface area contributed by atoms with E-state index in [-0.39, 0.29) is 4.90 Å². The van der Waals surface area contributed by atoms with Gasteiger partial charge in [-0.05, 0) is 49.7 Å². The minimum absolute atomic E-state index is 0.0733. The molecular formula is C22H21ClN4O3S. The van der Waals surface area contributed by atoms with Gasteiger partial charge in [0, 0.05) is 23.0 Å². The monoisotopic (exact) mass is 456 g/mol. The molecule has 1 N–H and O–H groups in total. The lowest BCUT2D eigenvalue weighted by Crippen LogP contribution is -2.40. The fourth-order valence-electron chi connectivity index (χ4n) is 2.80. The van der Waals surface area contributed by atoms with Crippen LogP contribution in [-0.4, -0.2) is 32.1 Å². The second kappa shape index (κ2) is 9.72. The molecule has 0 unspecified atom stereocenters. The van der Waals surface area contributed by atoms with Gasteiger partial charge in [0.05, 0.1) is 16.8 Å². The van der Waals surface area contributed by atoms with Gasteiger partial charge < -0.3 is 0 Å². The molecule has 160 valence electrons. The maximum atomic E-state index is 13.4. The van der Waals surface area contributed by atoms with E-state index >= 15 is 0 Å². The summed E-state index contributed by atoms with van der Waals surface area (Å²) in [6, 6.07) is 14.8. The number of hydrogen-bond donors (Lipinski definition) is 1. The topological polar surface area (TPSA) is 91.7 Å². The molecule has 3 rings (SSSR count). The van der Waals surface area contributed by atoms with E-state index in [1.807, 2.05) is 6.92 Å². The van der Waals surface area contributed by atoms with E-state index in [4.69, 9.17) is 11.6 Å². The van der Waals surface area contributed by atoms with Crippen molar-refractivity contribution in [3.8, 4) is 0 Å². The van der Waals surface area contributed by atoms with Crippen molar-refractivity contribution in [3.63, 3.8) is 0 Å². The summed E-state index contributed by atoms with van der Waals surface area (Å²) in [5.41, 5.74) is 4.84. The zero-order chi connectivity index (χ0) is 22.4. The van der Waals surface area contributed by atoms with Crippen LogP contribution in [0.3, 0.4) is 0 Å². The molecule has 31 heavy (non-hydrogen) atoms. The number of carbonyl (C=O) groups excluding carboxylic acids is 1. The number of sulfonamides is 1. The number of anilines is 1. The molecule has 1 aromatic heterocycles. The van der Waals surface area contributed by atoms with Gasteiger partial charge in [-0.15, -0.1) is 0 Å². The second-order valence-electron chi connectivity index (χ2n) is 6.79. The third-order valence-electron chi connectivity index (χ3n) is 4.49. The molecule has 0 aliphatic rings. The Bertz CT molecular complexity index is 1200. The highest BCUT2D eigenvalue weighted by Crippen LogP contribution is 2.30. The molecule has 0 spiro atoms. The number of rotatable bonds is 7. The molecule has 0 atom stereocenters. The fourth-order valence-corrected chi connectivity index (χ4v) is 4.45. The number of pyridine rings is 1. The number of hydrazone groups is 1. The molecule has 0 saturated carbocycles. The summed E-state index contributed by atoms with van der Waals surface area (Å²) in [5, 5.41) is 4.28. The predicted molar refractivity (Wildman–Crippen MR) is 122 cm³/mol. The fraction of sp³-hybridized carbons (Fsp3) is 0.136. The first-order valence-corrected chi connectivity index (χ1v) is 11.2.